The summed E-state index contributed by atoms with van der Waals surface area (Å²) in [6, 6.07) is 9.77. The van der Waals surface area contributed by atoms with Gasteiger partial charge in [0.05, 0.1) is 6.61 Å². The Morgan fingerprint density at radius 1 is 1.00 bits per heavy atom. The molecule has 0 bridgehead atoms. The summed E-state index contributed by atoms with van der Waals surface area (Å²) < 4.78 is 10.4. The third kappa shape index (κ3) is 3.82. The molecule has 18 heavy (non-hydrogen) atoms. The Hall–Kier alpha value is -1.94. The third-order valence-electron chi connectivity index (χ3n) is 2.46. The van der Waals surface area contributed by atoms with Crippen molar-refractivity contribution in [2.24, 2.45) is 0 Å². The molecule has 0 aliphatic carbocycles. The number of benzene rings is 1. The van der Waals surface area contributed by atoms with Crippen LogP contribution in [0.2, 0.25) is 0 Å². The Bertz CT molecular complexity index is 457. The summed E-state index contributed by atoms with van der Waals surface area (Å²) in [5.41, 5.74) is 1.17. The van der Waals surface area contributed by atoms with Crippen molar-refractivity contribution in [3.8, 4) is 5.75 Å². The first-order valence-electron chi connectivity index (χ1n) is 5.85. The van der Waals surface area contributed by atoms with Crippen LogP contribution >= 0.6 is 0 Å². The largest absolute Gasteiger partial charge is 0.491 e. The Kier molecular flexibility index (Phi) is 4.67. The van der Waals surface area contributed by atoms with Crippen molar-refractivity contribution in [3.05, 3.63) is 54.1 Å². The number of methoxy groups -OCH3 is 1. The fraction of sp³-hybridized carbons (Fsp3) is 0.286. The summed E-state index contributed by atoms with van der Waals surface area (Å²) in [4.78, 5) is 8.40. The van der Waals surface area contributed by atoms with Crippen LogP contribution in [-0.2, 0) is 11.2 Å². The molecule has 0 saturated carbocycles. The van der Waals surface area contributed by atoms with Crippen molar-refractivity contribution in [1.82, 2.24) is 9.97 Å². The van der Waals surface area contributed by atoms with Crippen LogP contribution in [0.3, 0.4) is 0 Å². The highest BCUT2D eigenvalue weighted by Gasteiger charge is 1.99. The molecule has 1 heterocycles. The van der Waals surface area contributed by atoms with Gasteiger partial charge in [-0.1, -0.05) is 12.1 Å². The van der Waals surface area contributed by atoms with Crippen LogP contribution < -0.4 is 4.74 Å². The lowest BCUT2D eigenvalue weighted by Crippen LogP contribution is -2.04. The fourth-order valence-corrected chi connectivity index (χ4v) is 1.55. The summed E-state index contributed by atoms with van der Waals surface area (Å²) in [7, 11) is 1.66. The Labute approximate surface area is 107 Å². The van der Waals surface area contributed by atoms with Crippen molar-refractivity contribution in [3.63, 3.8) is 0 Å². The molecule has 4 heteroatoms. The van der Waals surface area contributed by atoms with Gasteiger partial charge in [-0.25, -0.2) is 9.97 Å². The molecule has 0 radical (unpaired) electrons. The van der Waals surface area contributed by atoms with E-state index >= 15 is 0 Å². The molecular weight excluding hydrogens is 228 g/mol. The number of hydrogen-bond acceptors (Lipinski definition) is 4. The maximum Gasteiger partial charge on any atom is 0.132 e. The molecule has 1 aromatic heterocycles. The Morgan fingerprint density at radius 3 is 2.39 bits per heavy atom. The second-order valence-corrected chi connectivity index (χ2v) is 3.83. The average molecular weight is 244 g/mol. The molecule has 0 spiro atoms. The van der Waals surface area contributed by atoms with Gasteiger partial charge >= 0.3 is 0 Å². The standard InChI is InChI=1S/C14H16N2O2/c1-17-9-10-18-13-5-3-12(4-6-13)11-14-15-7-2-8-16-14/h2-8H,9-11H2,1H3. The van der Waals surface area contributed by atoms with Crippen molar-refractivity contribution in [2.45, 2.75) is 6.42 Å². The molecule has 2 aromatic rings. The molecule has 2 rings (SSSR count). The van der Waals surface area contributed by atoms with Crippen LogP contribution in [0.25, 0.3) is 0 Å². The van der Waals surface area contributed by atoms with E-state index in [9.17, 15) is 0 Å². The normalized spacial score (nSPS) is 10.3. The van der Waals surface area contributed by atoms with E-state index < -0.39 is 0 Å². The van der Waals surface area contributed by atoms with Gasteiger partial charge in [0.25, 0.3) is 0 Å². The molecule has 1 aromatic carbocycles. The topological polar surface area (TPSA) is 44.2 Å². The number of rotatable bonds is 6. The van der Waals surface area contributed by atoms with E-state index in [0.717, 1.165) is 18.0 Å². The van der Waals surface area contributed by atoms with Gasteiger partial charge in [0, 0.05) is 25.9 Å². The Morgan fingerprint density at radius 2 is 1.72 bits per heavy atom. The molecule has 0 N–H and O–H groups in total. The first kappa shape index (κ1) is 12.5. The van der Waals surface area contributed by atoms with Gasteiger partial charge in [-0.05, 0) is 23.8 Å². The minimum absolute atomic E-state index is 0.567. The van der Waals surface area contributed by atoms with E-state index in [2.05, 4.69) is 9.97 Å². The quantitative estimate of drug-likeness (QED) is 0.730. The molecule has 0 saturated heterocycles. The fourth-order valence-electron chi connectivity index (χ4n) is 1.55. The minimum atomic E-state index is 0.567. The van der Waals surface area contributed by atoms with E-state index in [4.69, 9.17) is 9.47 Å². The zero-order valence-corrected chi connectivity index (χ0v) is 10.4. The molecule has 0 atom stereocenters. The van der Waals surface area contributed by atoms with Crippen LogP contribution in [0.15, 0.2) is 42.7 Å². The average Bonchev–Trinajstić information content (AvgIpc) is 2.42. The molecule has 0 amide bonds. The van der Waals surface area contributed by atoms with Gasteiger partial charge in [-0.2, -0.15) is 0 Å². The van der Waals surface area contributed by atoms with Crippen molar-refractivity contribution in [1.29, 1.82) is 0 Å². The highest BCUT2D eigenvalue weighted by molar-refractivity contribution is 5.28. The molecule has 0 aliphatic rings. The summed E-state index contributed by atoms with van der Waals surface area (Å²) >= 11 is 0. The molecular formula is C14H16N2O2. The number of aromatic nitrogens is 2. The smallest absolute Gasteiger partial charge is 0.132 e. The van der Waals surface area contributed by atoms with Gasteiger partial charge in [0.2, 0.25) is 0 Å². The van der Waals surface area contributed by atoms with Gasteiger partial charge in [-0.15, -0.1) is 0 Å². The lowest BCUT2D eigenvalue weighted by Gasteiger charge is -2.06. The highest BCUT2D eigenvalue weighted by Crippen LogP contribution is 2.13. The lowest BCUT2D eigenvalue weighted by molar-refractivity contribution is 0.146. The number of ether oxygens (including phenoxy) is 2. The second kappa shape index (κ2) is 6.71. The van der Waals surface area contributed by atoms with E-state index in [1.165, 1.54) is 5.56 Å². The molecule has 4 nitrogen and oxygen atoms in total. The summed E-state index contributed by atoms with van der Waals surface area (Å²) in [6.45, 7) is 1.16. The molecule has 0 fully saturated rings. The predicted octanol–water partition coefficient (Wildman–Crippen LogP) is 2.09. The van der Waals surface area contributed by atoms with Crippen LogP contribution in [0, 0.1) is 0 Å². The first-order chi connectivity index (χ1) is 8.88. The predicted molar refractivity (Wildman–Crippen MR) is 68.7 cm³/mol. The Balaban J connectivity index is 1.91. The number of hydrogen-bond donors (Lipinski definition) is 0. The third-order valence-corrected chi connectivity index (χ3v) is 2.46. The van der Waals surface area contributed by atoms with Crippen LogP contribution in [-0.4, -0.2) is 30.3 Å². The van der Waals surface area contributed by atoms with Crippen molar-refractivity contribution in [2.75, 3.05) is 20.3 Å². The molecule has 0 aliphatic heterocycles. The zero-order valence-electron chi connectivity index (χ0n) is 10.4. The van der Waals surface area contributed by atoms with Crippen molar-refractivity contribution >= 4 is 0 Å². The highest BCUT2D eigenvalue weighted by atomic mass is 16.5. The van der Waals surface area contributed by atoms with Crippen LogP contribution in [0.5, 0.6) is 5.75 Å². The maximum atomic E-state index is 5.50. The van der Waals surface area contributed by atoms with E-state index in [-0.39, 0.29) is 0 Å². The molecule has 94 valence electrons. The SMILES string of the molecule is COCCOc1ccc(Cc2ncccn2)cc1. The van der Waals surface area contributed by atoms with Gasteiger partial charge < -0.3 is 9.47 Å². The summed E-state index contributed by atoms with van der Waals surface area (Å²) in [5, 5.41) is 0. The maximum absolute atomic E-state index is 5.50. The van der Waals surface area contributed by atoms with Gasteiger partial charge in [0.1, 0.15) is 18.2 Å². The summed E-state index contributed by atoms with van der Waals surface area (Å²) in [6.07, 6.45) is 4.24. The van der Waals surface area contributed by atoms with E-state index in [0.29, 0.717) is 13.2 Å². The zero-order chi connectivity index (χ0) is 12.6. The summed E-state index contributed by atoms with van der Waals surface area (Å²) in [5.74, 6) is 1.68. The number of nitrogens with zero attached hydrogens (tertiary/aromatic N) is 2. The van der Waals surface area contributed by atoms with Crippen LogP contribution in [0.1, 0.15) is 11.4 Å². The van der Waals surface area contributed by atoms with Crippen molar-refractivity contribution < 1.29 is 9.47 Å². The van der Waals surface area contributed by atoms with Crippen LogP contribution in [0.4, 0.5) is 0 Å². The van der Waals surface area contributed by atoms with E-state index in [1.54, 1.807) is 19.5 Å². The van der Waals surface area contributed by atoms with Gasteiger partial charge in [0.15, 0.2) is 0 Å². The molecule has 0 unspecified atom stereocenters. The monoisotopic (exact) mass is 244 g/mol. The van der Waals surface area contributed by atoms with Gasteiger partial charge in [-0.3, -0.25) is 0 Å². The second-order valence-electron chi connectivity index (χ2n) is 3.83. The van der Waals surface area contributed by atoms with E-state index in [1.807, 2.05) is 30.3 Å². The first-order valence-corrected chi connectivity index (χ1v) is 5.85. The minimum Gasteiger partial charge on any atom is -0.491 e. The lowest BCUT2D eigenvalue weighted by atomic mass is 10.1.